The Morgan fingerprint density at radius 2 is 1.75 bits per heavy atom. The lowest BCUT2D eigenvalue weighted by Gasteiger charge is -2.26. The molecule has 1 fully saturated rings. The number of aromatic nitrogens is 2. The second-order valence-electron chi connectivity index (χ2n) is 5.95. The van der Waals surface area contributed by atoms with Gasteiger partial charge in [0.2, 0.25) is 0 Å². The van der Waals surface area contributed by atoms with Gasteiger partial charge in [0.05, 0.1) is 11.9 Å². The number of amides is 4. The standard InChI is InChI=1S/C20H13ClN4O3/c21-13-5-7-14(8-6-13)24-10-2-4-15(24)11-17-18(26)23-20(28)25(19(17)27)16-3-1-9-22-12-16/h1-12H,(H,23,26,28)/b17-11+. The van der Waals surface area contributed by atoms with Crippen LogP contribution in [0.25, 0.3) is 11.8 Å². The highest BCUT2D eigenvalue weighted by molar-refractivity contribution is 6.39. The van der Waals surface area contributed by atoms with E-state index in [1.54, 1.807) is 47.2 Å². The summed E-state index contributed by atoms with van der Waals surface area (Å²) in [5.41, 5.74) is 1.53. The molecule has 0 atom stereocenters. The number of halogens is 1. The van der Waals surface area contributed by atoms with Crippen molar-refractivity contribution in [1.29, 1.82) is 0 Å². The van der Waals surface area contributed by atoms with Crippen LogP contribution >= 0.6 is 11.6 Å². The van der Waals surface area contributed by atoms with E-state index >= 15 is 0 Å². The molecule has 7 nitrogen and oxygen atoms in total. The van der Waals surface area contributed by atoms with Crippen LogP contribution in [0.15, 0.2) is 72.7 Å². The number of hydrogen-bond acceptors (Lipinski definition) is 4. The second-order valence-corrected chi connectivity index (χ2v) is 6.38. The number of nitrogens with zero attached hydrogens (tertiary/aromatic N) is 3. The van der Waals surface area contributed by atoms with Crippen molar-refractivity contribution in [1.82, 2.24) is 14.9 Å². The Bertz CT molecular complexity index is 1100. The lowest BCUT2D eigenvalue weighted by Crippen LogP contribution is -2.54. The summed E-state index contributed by atoms with van der Waals surface area (Å²) in [5.74, 6) is -1.47. The number of carbonyl (C=O) groups excluding carboxylic acids is 3. The zero-order valence-electron chi connectivity index (χ0n) is 14.4. The van der Waals surface area contributed by atoms with Crippen molar-refractivity contribution < 1.29 is 14.4 Å². The quantitative estimate of drug-likeness (QED) is 0.548. The van der Waals surface area contributed by atoms with Crippen molar-refractivity contribution in [2.24, 2.45) is 0 Å². The fraction of sp³-hybridized carbons (Fsp3) is 0. The lowest BCUT2D eigenvalue weighted by molar-refractivity contribution is -0.122. The van der Waals surface area contributed by atoms with Crippen LogP contribution in [0.1, 0.15) is 5.69 Å². The van der Waals surface area contributed by atoms with Crippen LogP contribution in [-0.4, -0.2) is 27.4 Å². The summed E-state index contributed by atoms with van der Waals surface area (Å²) in [4.78, 5) is 42.2. The molecule has 0 spiro atoms. The molecule has 1 N–H and O–H groups in total. The van der Waals surface area contributed by atoms with E-state index in [1.807, 2.05) is 12.1 Å². The molecule has 138 valence electrons. The fourth-order valence-electron chi connectivity index (χ4n) is 2.87. The number of nitrogens with one attached hydrogen (secondary N) is 1. The van der Waals surface area contributed by atoms with Crippen LogP contribution in [0.3, 0.4) is 0 Å². The highest BCUT2D eigenvalue weighted by atomic mass is 35.5. The Balaban J connectivity index is 1.74. The van der Waals surface area contributed by atoms with Gasteiger partial charge in [-0.3, -0.25) is 19.9 Å². The summed E-state index contributed by atoms with van der Waals surface area (Å²) in [6.45, 7) is 0. The first-order chi connectivity index (χ1) is 13.5. The zero-order valence-corrected chi connectivity index (χ0v) is 15.1. The summed E-state index contributed by atoms with van der Waals surface area (Å²) in [6, 6.07) is 13.0. The highest BCUT2D eigenvalue weighted by Crippen LogP contribution is 2.22. The van der Waals surface area contributed by atoms with Gasteiger partial charge in [-0.25, -0.2) is 9.69 Å². The van der Waals surface area contributed by atoms with E-state index in [-0.39, 0.29) is 11.3 Å². The van der Waals surface area contributed by atoms with Gasteiger partial charge in [0.1, 0.15) is 5.57 Å². The first kappa shape index (κ1) is 17.7. The maximum Gasteiger partial charge on any atom is 0.336 e. The first-order valence-corrected chi connectivity index (χ1v) is 8.67. The zero-order chi connectivity index (χ0) is 19.7. The molecule has 1 aliphatic heterocycles. The van der Waals surface area contributed by atoms with Gasteiger partial charge in [0.15, 0.2) is 0 Å². The Labute approximate surface area is 164 Å². The van der Waals surface area contributed by atoms with Crippen LogP contribution in [0, 0.1) is 0 Å². The highest BCUT2D eigenvalue weighted by Gasteiger charge is 2.37. The van der Waals surface area contributed by atoms with Gasteiger partial charge in [-0.15, -0.1) is 0 Å². The van der Waals surface area contributed by atoms with E-state index in [0.717, 1.165) is 10.6 Å². The largest absolute Gasteiger partial charge is 0.336 e. The van der Waals surface area contributed by atoms with Gasteiger partial charge in [0, 0.05) is 28.8 Å². The monoisotopic (exact) mass is 392 g/mol. The summed E-state index contributed by atoms with van der Waals surface area (Å²) in [7, 11) is 0. The van der Waals surface area contributed by atoms with E-state index in [2.05, 4.69) is 10.3 Å². The average molecular weight is 393 g/mol. The van der Waals surface area contributed by atoms with Crippen molar-refractivity contribution in [3.05, 3.63) is 83.4 Å². The molecule has 0 aliphatic carbocycles. The van der Waals surface area contributed by atoms with E-state index in [4.69, 9.17) is 11.6 Å². The molecule has 1 aromatic carbocycles. The number of hydrogen-bond donors (Lipinski definition) is 1. The van der Waals surface area contributed by atoms with Gasteiger partial charge in [0.25, 0.3) is 11.8 Å². The summed E-state index contributed by atoms with van der Waals surface area (Å²) < 4.78 is 1.80. The number of carbonyl (C=O) groups is 3. The summed E-state index contributed by atoms with van der Waals surface area (Å²) in [5, 5.41) is 2.79. The van der Waals surface area contributed by atoms with Crippen LogP contribution in [0.2, 0.25) is 5.02 Å². The molecule has 4 rings (SSSR count). The molecule has 0 radical (unpaired) electrons. The number of pyridine rings is 1. The molecule has 8 heteroatoms. The van der Waals surface area contributed by atoms with E-state index in [9.17, 15) is 14.4 Å². The fourth-order valence-corrected chi connectivity index (χ4v) is 3.00. The first-order valence-electron chi connectivity index (χ1n) is 8.29. The summed E-state index contributed by atoms with van der Waals surface area (Å²) in [6.07, 6.45) is 6.14. The molecule has 0 saturated carbocycles. The number of urea groups is 1. The molecule has 0 unspecified atom stereocenters. The maximum atomic E-state index is 12.9. The van der Waals surface area contributed by atoms with E-state index < -0.39 is 17.8 Å². The molecular formula is C20H13ClN4O3. The topological polar surface area (TPSA) is 84.3 Å². The molecule has 2 aromatic heterocycles. The molecule has 3 aromatic rings. The average Bonchev–Trinajstić information content (AvgIpc) is 3.15. The molecule has 4 amide bonds. The number of anilines is 1. The third kappa shape index (κ3) is 3.19. The van der Waals surface area contributed by atoms with Crippen molar-refractivity contribution in [3.63, 3.8) is 0 Å². The Morgan fingerprint density at radius 3 is 2.46 bits per heavy atom. The number of barbiturate groups is 1. The number of rotatable bonds is 3. The van der Waals surface area contributed by atoms with E-state index in [0.29, 0.717) is 10.7 Å². The molecular weight excluding hydrogens is 380 g/mol. The molecule has 3 heterocycles. The molecule has 1 saturated heterocycles. The predicted molar refractivity (Wildman–Crippen MR) is 104 cm³/mol. The van der Waals surface area contributed by atoms with Crippen molar-refractivity contribution in [3.8, 4) is 5.69 Å². The van der Waals surface area contributed by atoms with Gasteiger partial charge in [-0.2, -0.15) is 0 Å². The Hall–Kier alpha value is -3.71. The van der Waals surface area contributed by atoms with Crippen molar-refractivity contribution >= 4 is 41.2 Å². The molecule has 1 aliphatic rings. The number of benzene rings is 1. The minimum Gasteiger partial charge on any atom is -0.317 e. The van der Waals surface area contributed by atoms with E-state index in [1.165, 1.54) is 18.5 Å². The smallest absolute Gasteiger partial charge is 0.317 e. The third-order valence-electron chi connectivity index (χ3n) is 4.18. The molecule has 28 heavy (non-hydrogen) atoms. The minimum atomic E-state index is -0.812. The number of imide groups is 2. The summed E-state index contributed by atoms with van der Waals surface area (Å²) >= 11 is 5.93. The van der Waals surface area contributed by atoms with Crippen LogP contribution in [-0.2, 0) is 9.59 Å². The van der Waals surface area contributed by atoms with Crippen LogP contribution < -0.4 is 10.2 Å². The molecule has 0 bridgehead atoms. The second kappa shape index (κ2) is 7.13. The van der Waals surface area contributed by atoms with Gasteiger partial charge < -0.3 is 4.57 Å². The normalized spacial score (nSPS) is 15.8. The van der Waals surface area contributed by atoms with Gasteiger partial charge >= 0.3 is 6.03 Å². The van der Waals surface area contributed by atoms with Gasteiger partial charge in [-0.05, 0) is 54.6 Å². The van der Waals surface area contributed by atoms with Crippen molar-refractivity contribution in [2.45, 2.75) is 0 Å². The third-order valence-corrected chi connectivity index (χ3v) is 4.44. The predicted octanol–water partition coefficient (Wildman–Crippen LogP) is 3.19. The van der Waals surface area contributed by atoms with Crippen LogP contribution in [0.5, 0.6) is 0 Å². The maximum absolute atomic E-state index is 12.9. The minimum absolute atomic E-state index is 0.155. The van der Waals surface area contributed by atoms with Crippen LogP contribution in [0.4, 0.5) is 10.5 Å². The SMILES string of the molecule is O=C1NC(=O)N(c2cccnc2)C(=O)/C1=C/c1cccn1-c1ccc(Cl)cc1. The van der Waals surface area contributed by atoms with Crippen molar-refractivity contribution in [2.75, 3.05) is 4.90 Å². The Kier molecular flexibility index (Phi) is 4.50. The Morgan fingerprint density at radius 1 is 0.964 bits per heavy atom. The lowest BCUT2D eigenvalue weighted by atomic mass is 10.1. The van der Waals surface area contributed by atoms with Gasteiger partial charge in [-0.1, -0.05) is 11.6 Å².